The molecule has 0 aliphatic carbocycles. The molecule has 3 N–H and O–H groups in total. The van der Waals surface area contributed by atoms with E-state index in [-0.39, 0.29) is 0 Å². The van der Waals surface area contributed by atoms with Crippen molar-refractivity contribution < 1.29 is 9.90 Å². The van der Waals surface area contributed by atoms with E-state index in [0.717, 1.165) is 0 Å². The minimum Gasteiger partial charge on any atom is -0.480 e. The Morgan fingerprint density at radius 2 is 2.33 bits per heavy atom. The van der Waals surface area contributed by atoms with Gasteiger partial charge in [-0.05, 0) is 13.8 Å². The Hall–Kier alpha value is -0.660. The Labute approximate surface area is 76.7 Å². The number of thioether (sulfide) groups is 1. The molecule has 0 unspecified atom stereocenters. The molecule has 0 rings (SSSR count). The Balaban J connectivity index is 4.20. The van der Waals surface area contributed by atoms with E-state index in [1.165, 1.54) is 11.8 Å². The van der Waals surface area contributed by atoms with Gasteiger partial charge in [-0.2, -0.15) is 0 Å². The largest absolute Gasteiger partial charge is 0.480 e. The molecule has 3 nitrogen and oxygen atoms in total. The molecular formula is C8H13NO2S. The predicted molar refractivity (Wildman–Crippen MR) is 51.0 cm³/mol. The predicted octanol–water partition coefficient (Wildman–Crippen LogP) is 0.543. The van der Waals surface area contributed by atoms with Crippen molar-refractivity contribution in [2.45, 2.75) is 24.6 Å². The number of hydrogen-bond donors (Lipinski definition) is 2. The van der Waals surface area contributed by atoms with Gasteiger partial charge in [0.2, 0.25) is 0 Å². The molecule has 0 heterocycles. The number of carboxylic acids is 1. The van der Waals surface area contributed by atoms with Crippen LogP contribution in [-0.2, 0) is 4.79 Å². The first kappa shape index (κ1) is 11.3. The Morgan fingerprint density at radius 3 is 2.67 bits per heavy atom. The number of terminal acetylenes is 1. The van der Waals surface area contributed by atoms with Gasteiger partial charge in [0.25, 0.3) is 0 Å². The molecule has 0 aliphatic rings. The summed E-state index contributed by atoms with van der Waals surface area (Å²) in [7, 11) is 0. The van der Waals surface area contributed by atoms with Crippen molar-refractivity contribution in [1.29, 1.82) is 0 Å². The molecule has 4 heteroatoms. The van der Waals surface area contributed by atoms with Crippen molar-refractivity contribution in [3.05, 3.63) is 0 Å². The summed E-state index contributed by atoms with van der Waals surface area (Å²) in [4.78, 5) is 10.5. The highest BCUT2D eigenvalue weighted by Gasteiger charge is 2.31. The summed E-state index contributed by atoms with van der Waals surface area (Å²) in [6, 6.07) is -0.879. The molecule has 0 saturated heterocycles. The van der Waals surface area contributed by atoms with Crippen LogP contribution in [0.4, 0.5) is 0 Å². The van der Waals surface area contributed by atoms with Gasteiger partial charge in [0.05, 0.1) is 5.75 Å². The molecule has 0 aliphatic heterocycles. The molecule has 0 fully saturated rings. The van der Waals surface area contributed by atoms with E-state index in [0.29, 0.717) is 5.75 Å². The summed E-state index contributed by atoms with van der Waals surface area (Å²) in [5.74, 6) is 1.92. The maximum Gasteiger partial charge on any atom is 0.321 e. The minimum atomic E-state index is -0.996. The molecular weight excluding hydrogens is 174 g/mol. The van der Waals surface area contributed by atoms with Gasteiger partial charge in [0, 0.05) is 4.75 Å². The summed E-state index contributed by atoms with van der Waals surface area (Å²) < 4.78 is -0.516. The van der Waals surface area contributed by atoms with Gasteiger partial charge in [-0.1, -0.05) is 5.92 Å². The second kappa shape index (κ2) is 4.39. The average Bonchev–Trinajstić information content (AvgIpc) is 1.99. The van der Waals surface area contributed by atoms with E-state index in [1.807, 2.05) is 0 Å². The van der Waals surface area contributed by atoms with Crippen LogP contribution >= 0.6 is 11.8 Å². The number of rotatable bonds is 4. The third-order valence-corrected chi connectivity index (χ3v) is 2.85. The van der Waals surface area contributed by atoms with Gasteiger partial charge in [0.15, 0.2) is 0 Å². The number of nitrogens with two attached hydrogens (primary N) is 1. The van der Waals surface area contributed by atoms with Gasteiger partial charge in [0.1, 0.15) is 6.04 Å². The number of aliphatic carboxylic acids is 1. The van der Waals surface area contributed by atoms with Crippen LogP contribution in [0.5, 0.6) is 0 Å². The SMILES string of the molecule is C#CCSC(C)(C)[C@@H](N)C(=O)O. The average molecular weight is 187 g/mol. The number of carbonyl (C=O) groups is 1. The third kappa shape index (κ3) is 3.16. The molecule has 68 valence electrons. The van der Waals surface area contributed by atoms with E-state index in [4.69, 9.17) is 17.3 Å². The highest BCUT2D eigenvalue weighted by Crippen LogP contribution is 2.26. The standard InChI is InChI=1S/C8H13NO2S/c1-4-5-12-8(2,3)6(9)7(10)11/h1,6H,5,9H2,2-3H3,(H,10,11)/t6-/m0/s1. The van der Waals surface area contributed by atoms with Crippen LogP contribution in [0.15, 0.2) is 0 Å². The number of carboxylic acid groups (broad SMARTS) is 1. The van der Waals surface area contributed by atoms with Crippen molar-refractivity contribution in [3.8, 4) is 12.3 Å². The first-order valence-electron chi connectivity index (χ1n) is 3.47. The van der Waals surface area contributed by atoms with Crippen molar-refractivity contribution in [2.24, 2.45) is 5.73 Å². The van der Waals surface area contributed by atoms with Crippen LogP contribution in [0, 0.1) is 12.3 Å². The fourth-order valence-electron chi connectivity index (χ4n) is 0.615. The summed E-state index contributed by atoms with van der Waals surface area (Å²) >= 11 is 1.37. The quantitative estimate of drug-likeness (QED) is 0.631. The smallest absolute Gasteiger partial charge is 0.321 e. The van der Waals surface area contributed by atoms with Crippen molar-refractivity contribution in [1.82, 2.24) is 0 Å². The first-order valence-corrected chi connectivity index (χ1v) is 4.46. The van der Waals surface area contributed by atoms with E-state index < -0.39 is 16.8 Å². The number of hydrogen-bond acceptors (Lipinski definition) is 3. The lowest BCUT2D eigenvalue weighted by atomic mass is 10.1. The minimum absolute atomic E-state index is 0.480. The van der Waals surface area contributed by atoms with Crippen LogP contribution in [0.1, 0.15) is 13.8 Å². The fourth-order valence-corrected chi connectivity index (χ4v) is 1.35. The zero-order valence-corrected chi connectivity index (χ0v) is 8.02. The van der Waals surface area contributed by atoms with Crippen LogP contribution < -0.4 is 5.73 Å². The van der Waals surface area contributed by atoms with E-state index in [2.05, 4.69) is 5.92 Å². The second-order valence-corrected chi connectivity index (χ2v) is 4.54. The summed E-state index contributed by atoms with van der Waals surface area (Å²) in [6.45, 7) is 3.54. The molecule has 0 saturated carbocycles. The van der Waals surface area contributed by atoms with Gasteiger partial charge in [-0.25, -0.2) is 0 Å². The van der Waals surface area contributed by atoms with Crippen molar-refractivity contribution >= 4 is 17.7 Å². The molecule has 12 heavy (non-hydrogen) atoms. The summed E-state index contributed by atoms with van der Waals surface area (Å²) in [6.07, 6.45) is 5.05. The zero-order chi connectivity index (χ0) is 9.78. The van der Waals surface area contributed by atoms with Crippen LogP contribution in [0.2, 0.25) is 0 Å². The Bertz CT molecular complexity index is 208. The molecule has 0 bridgehead atoms. The fraction of sp³-hybridized carbons (Fsp3) is 0.625. The van der Waals surface area contributed by atoms with Gasteiger partial charge in [-0.3, -0.25) is 4.79 Å². The van der Waals surface area contributed by atoms with Gasteiger partial charge < -0.3 is 10.8 Å². The first-order chi connectivity index (χ1) is 5.41. The monoisotopic (exact) mass is 187 g/mol. The molecule has 1 atom stereocenters. The van der Waals surface area contributed by atoms with Crippen LogP contribution in [0.3, 0.4) is 0 Å². The van der Waals surface area contributed by atoms with Gasteiger partial charge in [-0.15, -0.1) is 18.2 Å². The zero-order valence-electron chi connectivity index (χ0n) is 7.20. The lowest BCUT2D eigenvalue weighted by Crippen LogP contribution is -2.46. The van der Waals surface area contributed by atoms with Crippen molar-refractivity contribution in [3.63, 3.8) is 0 Å². The second-order valence-electron chi connectivity index (χ2n) is 2.91. The molecule has 0 aromatic rings. The summed E-state index contributed by atoms with van der Waals surface area (Å²) in [5, 5.41) is 8.63. The third-order valence-electron chi connectivity index (χ3n) is 1.54. The topological polar surface area (TPSA) is 63.3 Å². The molecule has 0 radical (unpaired) electrons. The van der Waals surface area contributed by atoms with E-state index in [9.17, 15) is 4.79 Å². The van der Waals surface area contributed by atoms with E-state index in [1.54, 1.807) is 13.8 Å². The Morgan fingerprint density at radius 1 is 1.83 bits per heavy atom. The molecule has 0 aromatic carbocycles. The van der Waals surface area contributed by atoms with Gasteiger partial charge >= 0.3 is 5.97 Å². The molecule has 0 amide bonds. The van der Waals surface area contributed by atoms with Crippen molar-refractivity contribution in [2.75, 3.05) is 5.75 Å². The highest BCUT2D eigenvalue weighted by molar-refractivity contribution is 8.00. The maximum absolute atomic E-state index is 10.5. The lowest BCUT2D eigenvalue weighted by Gasteiger charge is -2.26. The normalized spacial score (nSPS) is 13.5. The lowest BCUT2D eigenvalue weighted by molar-refractivity contribution is -0.139. The molecule has 0 aromatic heterocycles. The molecule has 0 spiro atoms. The highest BCUT2D eigenvalue weighted by atomic mass is 32.2. The Kier molecular flexibility index (Phi) is 4.15. The van der Waals surface area contributed by atoms with E-state index >= 15 is 0 Å². The van der Waals surface area contributed by atoms with Crippen LogP contribution in [-0.4, -0.2) is 27.6 Å². The summed E-state index contributed by atoms with van der Waals surface area (Å²) in [5.41, 5.74) is 5.45. The van der Waals surface area contributed by atoms with Crippen LogP contribution in [0.25, 0.3) is 0 Å². The maximum atomic E-state index is 10.5.